The molecule has 0 spiro atoms. The van der Waals surface area contributed by atoms with Crippen LogP contribution in [0.3, 0.4) is 0 Å². The summed E-state index contributed by atoms with van der Waals surface area (Å²) in [5.41, 5.74) is 7.01. The second-order valence-electron chi connectivity index (χ2n) is 8.84. The monoisotopic (exact) mass is 498 g/mol. The Morgan fingerprint density at radius 3 is 2.27 bits per heavy atom. The number of fused-ring (bicyclic) bond motifs is 1. The van der Waals surface area contributed by atoms with Crippen molar-refractivity contribution in [2.45, 2.75) is 38.6 Å². The first kappa shape index (κ1) is 25.5. The summed E-state index contributed by atoms with van der Waals surface area (Å²) in [5.74, 6) is 0.217. The Bertz CT molecular complexity index is 1350. The van der Waals surface area contributed by atoms with E-state index in [1.807, 2.05) is 73.7 Å². The smallest absolute Gasteiger partial charge is 0.286 e. The second-order valence-corrected chi connectivity index (χ2v) is 8.84. The Kier molecular flexibility index (Phi) is 8.54. The highest BCUT2D eigenvalue weighted by Gasteiger charge is 2.13. The van der Waals surface area contributed by atoms with Gasteiger partial charge in [0.25, 0.3) is 5.91 Å². The molecule has 0 unspecified atom stereocenters. The van der Waals surface area contributed by atoms with Gasteiger partial charge >= 0.3 is 0 Å². The largest absolute Gasteiger partial charge is 0.457 e. The molecule has 0 aliphatic rings. The standard InChI is InChI=1S/C29H30N4O4/c1-20(12-13-21-8-4-2-5-9-21)30-27(34)16-17-28(35)32-33-29(36)26-19-22-18-24(14-15-25(22)31-26)37-23-10-6-3-7-11-23/h2-11,14-15,18-20,31H,12-13,16-17H2,1H3,(H,30,34)(H,32,35)(H,33,36)/t20-/m0/s1. The van der Waals surface area contributed by atoms with Crippen LogP contribution in [0.15, 0.2) is 84.9 Å². The molecule has 4 N–H and O–H groups in total. The lowest BCUT2D eigenvalue weighted by Gasteiger charge is -2.14. The fraction of sp³-hybridized carbons (Fsp3) is 0.207. The van der Waals surface area contributed by atoms with Gasteiger partial charge in [-0.25, -0.2) is 0 Å². The summed E-state index contributed by atoms with van der Waals surface area (Å²) in [5, 5.41) is 3.70. The van der Waals surface area contributed by atoms with Crippen LogP contribution in [0.1, 0.15) is 42.2 Å². The van der Waals surface area contributed by atoms with Crippen molar-refractivity contribution in [2.24, 2.45) is 0 Å². The fourth-order valence-corrected chi connectivity index (χ4v) is 3.85. The lowest BCUT2D eigenvalue weighted by molar-refractivity contribution is -0.127. The zero-order chi connectivity index (χ0) is 26.0. The normalized spacial score (nSPS) is 11.5. The van der Waals surface area contributed by atoms with Gasteiger partial charge in [-0.3, -0.25) is 25.2 Å². The minimum Gasteiger partial charge on any atom is -0.457 e. The van der Waals surface area contributed by atoms with Crippen LogP contribution in [-0.2, 0) is 16.0 Å². The molecular weight excluding hydrogens is 468 g/mol. The number of ether oxygens (including phenoxy) is 1. The summed E-state index contributed by atoms with van der Waals surface area (Å²) in [4.78, 5) is 39.8. The van der Waals surface area contributed by atoms with E-state index < -0.39 is 11.8 Å². The quantitative estimate of drug-likeness (QED) is 0.239. The zero-order valence-corrected chi connectivity index (χ0v) is 20.6. The Morgan fingerprint density at radius 1 is 0.811 bits per heavy atom. The lowest BCUT2D eigenvalue weighted by atomic mass is 10.1. The van der Waals surface area contributed by atoms with Crippen LogP contribution in [0.4, 0.5) is 0 Å². The molecule has 4 aromatic rings. The summed E-state index contributed by atoms with van der Waals surface area (Å²) in [6.07, 6.45) is 1.67. The number of carbonyl (C=O) groups is 3. The van der Waals surface area contributed by atoms with Gasteiger partial charge in [-0.2, -0.15) is 0 Å². The molecule has 0 fully saturated rings. The molecule has 0 radical (unpaired) electrons. The number of aryl methyl sites for hydroxylation is 1. The second kappa shape index (κ2) is 12.4. The predicted octanol–water partition coefficient (Wildman–Crippen LogP) is 4.64. The van der Waals surface area contributed by atoms with Crippen LogP contribution < -0.4 is 20.9 Å². The average molecular weight is 499 g/mol. The number of benzene rings is 3. The molecule has 1 heterocycles. The number of amides is 3. The number of nitrogens with one attached hydrogen (secondary N) is 4. The van der Waals surface area contributed by atoms with Crippen molar-refractivity contribution in [1.29, 1.82) is 0 Å². The van der Waals surface area contributed by atoms with E-state index in [-0.39, 0.29) is 30.5 Å². The van der Waals surface area contributed by atoms with Crippen molar-refractivity contribution in [2.75, 3.05) is 0 Å². The highest BCUT2D eigenvalue weighted by Crippen LogP contribution is 2.26. The van der Waals surface area contributed by atoms with Gasteiger partial charge in [0.05, 0.1) is 0 Å². The van der Waals surface area contributed by atoms with E-state index in [0.717, 1.165) is 23.7 Å². The van der Waals surface area contributed by atoms with Crippen molar-refractivity contribution in [3.8, 4) is 11.5 Å². The number of hydrazine groups is 1. The van der Waals surface area contributed by atoms with Crippen LogP contribution in [0, 0.1) is 0 Å². The number of para-hydroxylation sites is 1. The van der Waals surface area contributed by atoms with Gasteiger partial charge in [-0.05, 0) is 61.7 Å². The van der Waals surface area contributed by atoms with Gasteiger partial charge < -0.3 is 15.0 Å². The molecule has 0 aliphatic heterocycles. The molecule has 0 saturated heterocycles. The number of H-pyrrole nitrogens is 1. The number of hydrogen-bond donors (Lipinski definition) is 4. The molecule has 1 atom stereocenters. The predicted molar refractivity (Wildman–Crippen MR) is 142 cm³/mol. The van der Waals surface area contributed by atoms with Crippen LogP contribution in [-0.4, -0.2) is 28.7 Å². The third-order valence-electron chi connectivity index (χ3n) is 5.83. The molecule has 3 aromatic carbocycles. The summed E-state index contributed by atoms with van der Waals surface area (Å²) < 4.78 is 5.83. The van der Waals surface area contributed by atoms with Crippen molar-refractivity contribution < 1.29 is 19.1 Å². The summed E-state index contributed by atoms with van der Waals surface area (Å²) in [7, 11) is 0. The van der Waals surface area contributed by atoms with Crippen molar-refractivity contribution in [3.63, 3.8) is 0 Å². The Labute approximate surface area is 215 Å². The number of carbonyl (C=O) groups excluding carboxylic acids is 3. The van der Waals surface area contributed by atoms with Crippen LogP contribution in [0.2, 0.25) is 0 Å². The maximum absolute atomic E-state index is 12.5. The van der Waals surface area contributed by atoms with Crippen LogP contribution in [0.25, 0.3) is 10.9 Å². The van der Waals surface area contributed by atoms with Crippen molar-refractivity contribution in [1.82, 2.24) is 21.2 Å². The van der Waals surface area contributed by atoms with Gasteiger partial charge in [0, 0.05) is 29.8 Å². The molecule has 8 nitrogen and oxygen atoms in total. The molecule has 0 aliphatic carbocycles. The lowest BCUT2D eigenvalue weighted by Crippen LogP contribution is -2.42. The molecule has 0 bridgehead atoms. The third kappa shape index (κ3) is 7.70. The number of aromatic amines is 1. The van der Waals surface area contributed by atoms with Gasteiger partial charge in [-0.15, -0.1) is 0 Å². The van der Waals surface area contributed by atoms with Gasteiger partial charge in [0.1, 0.15) is 17.2 Å². The molecule has 4 rings (SSSR count). The maximum Gasteiger partial charge on any atom is 0.286 e. The number of rotatable bonds is 10. The van der Waals surface area contributed by atoms with E-state index in [1.165, 1.54) is 5.56 Å². The van der Waals surface area contributed by atoms with Gasteiger partial charge in [0.15, 0.2) is 0 Å². The number of aromatic nitrogens is 1. The van der Waals surface area contributed by atoms with E-state index in [2.05, 4.69) is 33.3 Å². The molecule has 37 heavy (non-hydrogen) atoms. The van der Waals surface area contributed by atoms with E-state index in [1.54, 1.807) is 6.07 Å². The van der Waals surface area contributed by atoms with Gasteiger partial charge in [0.2, 0.25) is 11.8 Å². The molecule has 3 amide bonds. The fourth-order valence-electron chi connectivity index (χ4n) is 3.85. The SMILES string of the molecule is C[C@@H](CCc1ccccc1)NC(=O)CCC(=O)NNC(=O)c1cc2cc(Oc3ccccc3)ccc2[nH]1. The maximum atomic E-state index is 12.5. The highest BCUT2D eigenvalue weighted by molar-refractivity contribution is 5.99. The first-order valence-electron chi connectivity index (χ1n) is 12.2. The average Bonchev–Trinajstić information content (AvgIpc) is 3.34. The first-order valence-corrected chi connectivity index (χ1v) is 12.2. The highest BCUT2D eigenvalue weighted by atomic mass is 16.5. The van der Waals surface area contributed by atoms with Gasteiger partial charge in [-0.1, -0.05) is 48.5 Å². The van der Waals surface area contributed by atoms with E-state index in [9.17, 15) is 14.4 Å². The minimum atomic E-state index is -0.492. The van der Waals surface area contributed by atoms with E-state index in [4.69, 9.17) is 4.74 Å². The van der Waals surface area contributed by atoms with Crippen LogP contribution in [0.5, 0.6) is 11.5 Å². The Hall–Kier alpha value is -4.59. The van der Waals surface area contributed by atoms with Crippen molar-refractivity contribution >= 4 is 28.6 Å². The first-order chi connectivity index (χ1) is 18.0. The van der Waals surface area contributed by atoms with Crippen molar-refractivity contribution in [3.05, 3.63) is 96.2 Å². The molecule has 0 saturated carbocycles. The molecule has 190 valence electrons. The summed E-state index contributed by atoms with van der Waals surface area (Å²) in [6, 6.07) is 26.6. The molecule has 1 aromatic heterocycles. The zero-order valence-electron chi connectivity index (χ0n) is 20.6. The molecule has 8 heteroatoms. The molecular formula is C29H30N4O4. The number of hydrogen-bond acceptors (Lipinski definition) is 4. The Balaban J connectivity index is 1.19. The Morgan fingerprint density at radius 2 is 1.51 bits per heavy atom. The minimum absolute atomic E-state index is 0.00362. The summed E-state index contributed by atoms with van der Waals surface area (Å²) in [6.45, 7) is 1.94. The topological polar surface area (TPSA) is 112 Å². The van der Waals surface area contributed by atoms with E-state index >= 15 is 0 Å². The van der Waals surface area contributed by atoms with E-state index in [0.29, 0.717) is 11.5 Å². The third-order valence-corrected chi connectivity index (χ3v) is 5.83. The summed E-state index contributed by atoms with van der Waals surface area (Å²) >= 11 is 0. The van der Waals surface area contributed by atoms with Crippen LogP contribution >= 0.6 is 0 Å².